The van der Waals surface area contributed by atoms with Crippen LogP contribution in [-0.2, 0) is 9.53 Å². The third kappa shape index (κ3) is 8.54. The van der Waals surface area contributed by atoms with Crippen molar-refractivity contribution in [2.45, 2.75) is 86.7 Å². The molecular formula is C31H42O5. The Morgan fingerprint density at radius 1 is 0.833 bits per heavy atom. The van der Waals surface area contributed by atoms with Gasteiger partial charge in [0.2, 0.25) is 0 Å². The highest BCUT2D eigenvalue weighted by molar-refractivity contribution is 6.07. The van der Waals surface area contributed by atoms with E-state index >= 15 is 0 Å². The molecule has 0 atom stereocenters. The largest absolute Gasteiger partial charge is 0.494 e. The van der Waals surface area contributed by atoms with Crippen LogP contribution in [0.1, 0.15) is 91.6 Å². The van der Waals surface area contributed by atoms with E-state index in [1.807, 2.05) is 53.7 Å². The lowest BCUT2D eigenvalue weighted by Crippen LogP contribution is -2.27. The molecule has 0 radical (unpaired) electrons. The highest BCUT2D eigenvalue weighted by atomic mass is 16.6. The van der Waals surface area contributed by atoms with Gasteiger partial charge in [-0.1, -0.05) is 26.2 Å². The Morgan fingerprint density at radius 3 is 2.08 bits per heavy atom. The van der Waals surface area contributed by atoms with E-state index in [1.165, 1.54) is 19.3 Å². The fourth-order valence-corrected chi connectivity index (χ4v) is 3.89. The van der Waals surface area contributed by atoms with Gasteiger partial charge in [0, 0.05) is 11.1 Å². The zero-order valence-electron chi connectivity index (χ0n) is 23.2. The van der Waals surface area contributed by atoms with Gasteiger partial charge >= 0.3 is 5.97 Å². The molecule has 0 aromatic heterocycles. The summed E-state index contributed by atoms with van der Waals surface area (Å²) in [6.45, 7) is 16.2. The highest BCUT2D eigenvalue weighted by Gasteiger charge is 2.20. The quantitative estimate of drug-likeness (QED) is 0.132. The smallest absolute Gasteiger partial charge is 0.344 e. The lowest BCUT2D eigenvalue weighted by molar-refractivity contribution is -0.157. The van der Waals surface area contributed by atoms with Crippen molar-refractivity contribution in [1.82, 2.24) is 0 Å². The average molecular weight is 495 g/mol. The molecule has 2 rings (SSSR count). The molecule has 0 aliphatic rings. The molecule has 0 aliphatic carbocycles. The Morgan fingerprint density at radius 2 is 1.47 bits per heavy atom. The average Bonchev–Trinajstić information content (AvgIpc) is 2.82. The van der Waals surface area contributed by atoms with Gasteiger partial charge in [-0.05, 0) is 114 Å². The van der Waals surface area contributed by atoms with Crippen LogP contribution in [0.2, 0.25) is 0 Å². The van der Waals surface area contributed by atoms with E-state index in [-0.39, 0.29) is 12.4 Å². The molecule has 196 valence electrons. The molecule has 0 fully saturated rings. The fourth-order valence-electron chi connectivity index (χ4n) is 3.89. The SMILES string of the molecule is CCCCCCOc1ccc(C(=O)C=Cc2c(C)c(C)c(C)c(C)c2OCC(=O)OC(C)(C)C)cc1. The third-order valence-electron chi connectivity index (χ3n) is 6.24. The van der Waals surface area contributed by atoms with Crippen LogP contribution in [0.5, 0.6) is 11.5 Å². The first-order valence-corrected chi connectivity index (χ1v) is 12.8. The van der Waals surface area contributed by atoms with Gasteiger partial charge < -0.3 is 14.2 Å². The van der Waals surface area contributed by atoms with Crippen molar-refractivity contribution in [2.24, 2.45) is 0 Å². The standard InChI is InChI=1S/C31H42O5/c1-9-10-11-12-19-34-26-15-13-25(14-16-26)28(32)18-17-27-23(4)21(2)22(3)24(5)30(27)35-20-29(33)36-31(6,7)8/h13-18H,9-12,19-20H2,1-8H3. The minimum absolute atomic E-state index is 0.113. The monoisotopic (exact) mass is 494 g/mol. The Labute approximate surface area is 216 Å². The molecule has 0 aliphatic heterocycles. The Bertz CT molecular complexity index is 1070. The summed E-state index contributed by atoms with van der Waals surface area (Å²) in [5, 5.41) is 0. The molecule has 0 heterocycles. The number of esters is 1. The molecule has 0 N–H and O–H groups in total. The van der Waals surface area contributed by atoms with Crippen LogP contribution in [0.15, 0.2) is 30.3 Å². The maximum absolute atomic E-state index is 12.9. The number of carbonyl (C=O) groups excluding carboxylic acids is 2. The number of hydrogen-bond donors (Lipinski definition) is 0. The third-order valence-corrected chi connectivity index (χ3v) is 6.24. The minimum atomic E-state index is -0.584. The van der Waals surface area contributed by atoms with Crippen LogP contribution in [0, 0.1) is 27.7 Å². The Kier molecular flexibility index (Phi) is 10.8. The summed E-state index contributed by atoms with van der Waals surface area (Å²) in [5.74, 6) is 0.817. The molecule has 0 saturated carbocycles. The predicted octanol–water partition coefficient (Wildman–Crippen LogP) is 7.50. The second-order valence-corrected chi connectivity index (χ2v) is 10.2. The number of carbonyl (C=O) groups is 2. The van der Waals surface area contributed by atoms with Gasteiger partial charge in [-0.2, -0.15) is 0 Å². The fraction of sp³-hybridized carbons (Fsp3) is 0.484. The normalized spacial score (nSPS) is 11.6. The maximum Gasteiger partial charge on any atom is 0.344 e. The lowest BCUT2D eigenvalue weighted by atomic mass is 9.92. The molecule has 36 heavy (non-hydrogen) atoms. The molecular weight excluding hydrogens is 452 g/mol. The first-order chi connectivity index (χ1) is 16.9. The molecule has 0 bridgehead atoms. The number of allylic oxidation sites excluding steroid dienone is 1. The molecule has 5 heteroatoms. The lowest BCUT2D eigenvalue weighted by Gasteiger charge is -2.22. The van der Waals surface area contributed by atoms with Crippen molar-refractivity contribution in [3.05, 3.63) is 63.7 Å². The van der Waals surface area contributed by atoms with Gasteiger partial charge in [0.1, 0.15) is 17.1 Å². The van der Waals surface area contributed by atoms with E-state index in [0.29, 0.717) is 17.9 Å². The minimum Gasteiger partial charge on any atom is -0.494 e. The van der Waals surface area contributed by atoms with Crippen LogP contribution in [0.4, 0.5) is 0 Å². The molecule has 5 nitrogen and oxygen atoms in total. The maximum atomic E-state index is 12.9. The van der Waals surface area contributed by atoms with Crippen LogP contribution in [0.3, 0.4) is 0 Å². The van der Waals surface area contributed by atoms with Crippen LogP contribution in [-0.4, -0.2) is 30.6 Å². The summed E-state index contributed by atoms with van der Waals surface area (Å²) < 4.78 is 17.1. The summed E-state index contributed by atoms with van der Waals surface area (Å²) in [4.78, 5) is 25.2. The topological polar surface area (TPSA) is 61.8 Å². The number of hydrogen-bond acceptors (Lipinski definition) is 5. The summed E-state index contributed by atoms with van der Waals surface area (Å²) in [5.41, 5.74) is 4.96. The number of unbranched alkanes of at least 4 members (excludes halogenated alkanes) is 3. The Balaban J connectivity index is 2.18. The molecule has 2 aromatic carbocycles. The van der Waals surface area contributed by atoms with Crippen LogP contribution >= 0.6 is 0 Å². The van der Waals surface area contributed by atoms with Crippen LogP contribution < -0.4 is 9.47 Å². The zero-order valence-corrected chi connectivity index (χ0v) is 23.2. The van der Waals surface area contributed by atoms with Crippen molar-refractivity contribution in [3.63, 3.8) is 0 Å². The summed E-state index contributed by atoms with van der Waals surface area (Å²) in [6.07, 6.45) is 7.94. The number of rotatable bonds is 12. The highest BCUT2D eigenvalue weighted by Crippen LogP contribution is 2.34. The summed E-state index contributed by atoms with van der Waals surface area (Å²) in [7, 11) is 0. The van der Waals surface area contributed by atoms with E-state index in [9.17, 15) is 9.59 Å². The van der Waals surface area contributed by atoms with E-state index in [4.69, 9.17) is 14.2 Å². The Hall–Kier alpha value is -3.08. The van der Waals surface area contributed by atoms with Crippen molar-refractivity contribution in [3.8, 4) is 11.5 Å². The van der Waals surface area contributed by atoms with Crippen LogP contribution in [0.25, 0.3) is 6.08 Å². The summed E-state index contributed by atoms with van der Waals surface area (Å²) >= 11 is 0. The van der Waals surface area contributed by atoms with Crippen molar-refractivity contribution < 1.29 is 23.8 Å². The summed E-state index contributed by atoms with van der Waals surface area (Å²) in [6, 6.07) is 7.24. The zero-order chi connectivity index (χ0) is 26.9. The van der Waals surface area contributed by atoms with E-state index in [2.05, 4.69) is 13.8 Å². The molecule has 0 unspecified atom stereocenters. The van der Waals surface area contributed by atoms with Gasteiger partial charge in [-0.15, -0.1) is 0 Å². The van der Waals surface area contributed by atoms with Crippen molar-refractivity contribution in [2.75, 3.05) is 13.2 Å². The van der Waals surface area contributed by atoms with Gasteiger partial charge in [-0.3, -0.25) is 4.79 Å². The second kappa shape index (κ2) is 13.3. The first-order valence-electron chi connectivity index (χ1n) is 12.8. The van der Waals surface area contributed by atoms with E-state index < -0.39 is 11.6 Å². The number of benzene rings is 2. The van der Waals surface area contributed by atoms with Gasteiger partial charge in [0.05, 0.1) is 6.61 Å². The van der Waals surface area contributed by atoms with Gasteiger partial charge in [0.15, 0.2) is 12.4 Å². The van der Waals surface area contributed by atoms with Crippen molar-refractivity contribution >= 4 is 17.8 Å². The van der Waals surface area contributed by atoms with Crippen molar-refractivity contribution in [1.29, 1.82) is 0 Å². The van der Waals surface area contributed by atoms with Gasteiger partial charge in [0.25, 0.3) is 0 Å². The van der Waals surface area contributed by atoms with E-state index in [0.717, 1.165) is 40.0 Å². The molecule has 0 spiro atoms. The second-order valence-electron chi connectivity index (χ2n) is 10.2. The predicted molar refractivity (Wildman–Crippen MR) is 146 cm³/mol. The molecule has 0 saturated heterocycles. The molecule has 0 amide bonds. The first kappa shape index (κ1) is 29.2. The number of ether oxygens (including phenoxy) is 3. The van der Waals surface area contributed by atoms with E-state index in [1.54, 1.807) is 24.3 Å². The number of ketones is 1. The van der Waals surface area contributed by atoms with Gasteiger partial charge in [-0.25, -0.2) is 4.79 Å². The molecule has 2 aromatic rings.